The molecule has 1 heterocycles. The van der Waals surface area contributed by atoms with Crippen molar-refractivity contribution in [2.45, 2.75) is 39.7 Å². The van der Waals surface area contributed by atoms with Crippen LogP contribution in [0.15, 0.2) is 12.4 Å². The van der Waals surface area contributed by atoms with Gasteiger partial charge in [-0.3, -0.25) is 0 Å². The molecule has 1 unspecified atom stereocenters. The summed E-state index contributed by atoms with van der Waals surface area (Å²) in [6, 6.07) is 0.0502. The highest BCUT2D eigenvalue weighted by atomic mass is 14.9. The van der Waals surface area contributed by atoms with Gasteiger partial charge in [-0.05, 0) is 18.3 Å². The zero-order valence-electron chi connectivity index (χ0n) is 8.67. The Morgan fingerprint density at radius 1 is 1.54 bits per heavy atom. The monoisotopic (exact) mass is 181 g/mol. The molecule has 0 aliphatic heterocycles. The molecule has 0 fully saturated rings. The number of aromatic amines is 1. The van der Waals surface area contributed by atoms with E-state index in [0.717, 1.165) is 18.7 Å². The van der Waals surface area contributed by atoms with Crippen LogP contribution in [0.1, 0.15) is 45.5 Å². The maximum Gasteiger partial charge on any atom is 0.123 e. The fraction of sp³-hybridized carbons (Fsp3) is 0.700. The average Bonchev–Trinajstić information content (AvgIpc) is 2.50. The van der Waals surface area contributed by atoms with Gasteiger partial charge in [0.2, 0.25) is 0 Å². The van der Waals surface area contributed by atoms with E-state index in [1.54, 1.807) is 6.20 Å². The normalized spacial score (nSPS) is 14.5. The molecule has 0 aliphatic rings. The standard InChI is InChI=1S/C10H19N3/c1-10(2,3)5-4-8(11)9-12-6-7-13-9/h6-8H,4-5,11H2,1-3H3,(H,12,13). The van der Waals surface area contributed by atoms with Gasteiger partial charge >= 0.3 is 0 Å². The van der Waals surface area contributed by atoms with Crippen LogP contribution in [-0.2, 0) is 0 Å². The molecule has 1 atom stereocenters. The Morgan fingerprint density at radius 3 is 2.69 bits per heavy atom. The smallest absolute Gasteiger partial charge is 0.123 e. The molecule has 3 nitrogen and oxygen atoms in total. The first-order valence-corrected chi connectivity index (χ1v) is 4.74. The summed E-state index contributed by atoms with van der Waals surface area (Å²) in [4.78, 5) is 7.17. The Balaban J connectivity index is 2.39. The minimum absolute atomic E-state index is 0.0502. The zero-order chi connectivity index (χ0) is 9.90. The van der Waals surface area contributed by atoms with Crippen LogP contribution in [-0.4, -0.2) is 9.97 Å². The van der Waals surface area contributed by atoms with E-state index >= 15 is 0 Å². The Kier molecular flexibility index (Phi) is 3.09. The second kappa shape index (κ2) is 3.92. The Labute approximate surface area is 79.8 Å². The van der Waals surface area contributed by atoms with Crippen molar-refractivity contribution < 1.29 is 0 Å². The molecule has 3 N–H and O–H groups in total. The molecule has 0 saturated heterocycles. The van der Waals surface area contributed by atoms with E-state index in [1.165, 1.54) is 0 Å². The van der Waals surface area contributed by atoms with Crippen molar-refractivity contribution in [2.24, 2.45) is 11.1 Å². The van der Waals surface area contributed by atoms with Gasteiger partial charge in [-0.15, -0.1) is 0 Å². The fourth-order valence-electron chi connectivity index (χ4n) is 1.21. The quantitative estimate of drug-likeness (QED) is 0.751. The number of imidazole rings is 1. The van der Waals surface area contributed by atoms with Crippen molar-refractivity contribution in [3.8, 4) is 0 Å². The lowest BCUT2D eigenvalue weighted by Gasteiger charge is -2.19. The highest BCUT2D eigenvalue weighted by Gasteiger charge is 2.14. The van der Waals surface area contributed by atoms with Crippen molar-refractivity contribution in [1.82, 2.24) is 9.97 Å². The summed E-state index contributed by atoms with van der Waals surface area (Å²) in [6.07, 6.45) is 5.66. The molecule has 0 saturated carbocycles. The highest BCUT2D eigenvalue weighted by molar-refractivity contribution is 4.94. The van der Waals surface area contributed by atoms with E-state index in [2.05, 4.69) is 30.7 Å². The minimum atomic E-state index is 0.0502. The molecular formula is C10H19N3. The Morgan fingerprint density at radius 2 is 2.23 bits per heavy atom. The summed E-state index contributed by atoms with van der Waals surface area (Å²) in [5, 5.41) is 0. The first-order valence-electron chi connectivity index (χ1n) is 4.74. The van der Waals surface area contributed by atoms with Crippen LogP contribution in [0, 0.1) is 5.41 Å². The largest absolute Gasteiger partial charge is 0.347 e. The predicted molar refractivity (Wildman–Crippen MR) is 54.2 cm³/mol. The van der Waals surface area contributed by atoms with Crippen LogP contribution in [0.5, 0.6) is 0 Å². The number of H-pyrrole nitrogens is 1. The molecule has 1 rings (SSSR count). The molecule has 0 aliphatic carbocycles. The third-order valence-electron chi connectivity index (χ3n) is 2.08. The SMILES string of the molecule is CC(C)(C)CCC(N)c1ncc[nH]1. The topological polar surface area (TPSA) is 54.7 Å². The second-order valence-electron chi connectivity index (χ2n) is 4.68. The van der Waals surface area contributed by atoms with Crippen LogP contribution in [0.3, 0.4) is 0 Å². The van der Waals surface area contributed by atoms with E-state index in [-0.39, 0.29) is 6.04 Å². The number of nitrogens with two attached hydrogens (primary N) is 1. The van der Waals surface area contributed by atoms with Crippen LogP contribution in [0.25, 0.3) is 0 Å². The maximum atomic E-state index is 5.95. The first kappa shape index (κ1) is 10.3. The fourth-order valence-corrected chi connectivity index (χ4v) is 1.21. The van der Waals surface area contributed by atoms with Crippen molar-refractivity contribution >= 4 is 0 Å². The number of rotatable bonds is 3. The summed E-state index contributed by atoms with van der Waals surface area (Å²) in [7, 11) is 0. The highest BCUT2D eigenvalue weighted by Crippen LogP contribution is 2.24. The van der Waals surface area contributed by atoms with E-state index in [1.807, 2.05) is 6.20 Å². The van der Waals surface area contributed by atoms with Gasteiger partial charge in [0.15, 0.2) is 0 Å². The molecular weight excluding hydrogens is 162 g/mol. The van der Waals surface area contributed by atoms with Gasteiger partial charge in [-0.1, -0.05) is 20.8 Å². The first-order chi connectivity index (χ1) is 5.99. The van der Waals surface area contributed by atoms with Crippen LogP contribution < -0.4 is 5.73 Å². The van der Waals surface area contributed by atoms with Crippen molar-refractivity contribution in [2.75, 3.05) is 0 Å². The van der Waals surface area contributed by atoms with Gasteiger partial charge in [0.1, 0.15) is 5.82 Å². The molecule has 0 bridgehead atoms. The minimum Gasteiger partial charge on any atom is -0.347 e. The summed E-state index contributed by atoms with van der Waals surface area (Å²) in [5.74, 6) is 0.893. The molecule has 74 valence electrons. The van der Waals surface area contributed by atoms with Gasteiger partial charge in [-0.25, -0.2) is 4.98 Å². The molecule has 3 heteroatoms. The number of nitrogens with one attached hydrogen (secondary N) is 1. The van der Waals surface area contributed by atoms with E-state index in [0.29, 0.717) is 5.41 Å². The summed E-state index contributed by atoms with van der Waals surface area (Å²) in [5.41, 5.74) is 6.30. The number of hydrogen-bond acceptors (Lipinski definition) is 2. The molecule has 1 aromatic heterocycles. The summed E-state index contributed by atoms with van der Waals surface area (Å²) in [6.45, 7) is 6.67. The molecule has 0 amide bonds. The lowest BCUT2D eigenvalue weighted by molar-refractivity contribution is 0.347. The number of hydrogen-bond donors (Lipinski definition) is 2. The van der Waals surface area contributed by atoms with Crippen LogP contribution in [0.4, 0.5) is 0 Å². The van der Waals surface area contributed by atoms with E-state index in [4.69, 9.17) is 5.73 Å². The van der Waals surface area contributed by atoms with Crippen molar-refractivity contribution in [3.63, 3.8) is 0 Å². The molecule has 13 heavy (non-hydrogen) atoms. The second-order valence-corrected chi connectivity index (χ2v) is 4.68. The average molecular weight is 181 g/mol. The van der Waals surface area contributed by atoms with Crippen molar-refractivity contribution in [3.05, 3.63) is 18.2 Å². The van der Waals surface area contributed by atoms with Crippen molar-refractivity contribution in [1.29, 1.82) is 0 Å². The van der Waals surface area contributed by atoms with Gasteiger partial charge in [-0.2, -0.15) is 0 Å². The number of aromatic nitrogens is 2. The molecule has 0 spiro atoms. The van der Waals surface area contributed by atoms with Crippen LogP contribution >= 0.6 is 0 Å². The Bertz CT molecular complexity index is 233. The number of nitrogens with zero attached hydrogens (tertiary/aromatic N) is 1. The van der Waals surface area contributed by atoms with E-state index in [9.17, 15) is 0 Å². The molecule has 0 radical (unpaired) electrons. The van der Waals surface area contributed by atoms with Gasteiger partial charge < -0.3 is 10.7 Å². The summed E-state index contributed by atoms with van der Waals surface area (Å²) >= 11 is 0. The van der Waals surface area contributed by atoms with Gasteiger partial charge in [0.25, 0.3) is 0 Å². The van der Waals surface area contributed by atoms with Gasteiger partial charge in [0.05, 0.1) is 6.04 Å². The summed E-state index contributed by atoms with van der Waals surface area (Å²) < 4.78 is 0. The third-order valence-corrected chi connectivity index (χ3v) is 2.08. The molecule has 1 aromatic rings. The third kappa shape index (κ3) is 3.59. The van der Waals surface area contributed by atoms with Crippen LogP contribution in [0.2, 0.25) is 0 Å². The maximum absolute atomic E-state index is 5.95. The Hall–Kier alpha value is -0.830. The van der Waals surface area contributed by atoms with E-state index < -0.39 is 0 Å². The molecule has 0 aromatic carbocycles. The lowest BCUT2D eigenvalue weighted by Crippen LogP contribution is -2.15. The lowest BCUT2D eigenvalue weighted by atomic mass is 9.89. The zero-order valence-corrected chi connectivity index (χ0v) is 8.67. The van der Waals surface area contributed by atoms with Gasteiger partial charge in [0, 0.05) is 12.4 Å². The predicted octanol–water partition coefficient (Wildman–Crippen LogP) is 2.24.